The molecule has 2 aliphatic heterocycles. The van der Waals surface area contributed by atoms with Crippen LogP contribution in [0.3, 0.4) is 0 Å². The Hall–Kier alpha value is -0.210. The van der Waals surface area contributed by atoms with E-state index in [0.29, 0.717) is 19.5 Å². The van der Waals surface area contributed by atoms with Crippen LogP contribution in [-0.4, -0.2) is 91.3 Å². The highest BCUT2D eigenvalue weighted by molar-refractivity contribution is 7.89. The molecular weight excluding hydrogens is 302 g/mol. The lowest BCUT2D eigenvalue weighted by molar-refractivity contribution is 0.00421. The number of likely N-dealkylation sites (N-methyl/N-ethyl adjacent to an activating group) is 1. The van der Waals surface area contributed by atoms with Gasteiger partial charge in [-0.05, 0) is 26.3 Å². The molecule has 0 bridgehead atoms. The summed E-state index contributed by atoms with van der Waals surface area (Å²) in [6.45, 7) is 5.28. The molecule has 0 aromatic rings. The Bertz CT molecular complexity index is 484. The lowest BCUT2D eigenvalue weighted by atomic mass is 10.0. The molecule has 1 aliphatic carbocycles. The van der Waals surface area contributed by atoms with E-state index in [1.165, 1.54) is 0 Å². The minimum absolute atomic E-state index is 0.210. The molecule has 22 heavy (non-hydrogen) atoms. The molecule has 0 unspecified atom stereocenters. The highest BCUT2D eigenvalue weighted by Crippen LogP contribution is 2.32. The van der Waals surface area contributed by atoms with Crippen LogP contribution in [0, 0.1) is 0 Å². The van der Waals surface area contributed by atoms with E-state index in [0.717, 1.165) is 51.9 Å². The Balaban J connectivity index is 1.58. The van der Waals surface area contributed by atoms with Gasteiger partial charge in [0.25, 0.3) is 0 Å². The lowest BCUT2D eigenvalue weighted by Gasteiger charge is -2.36. The topological polar surface area (TPSA) is 64.1 Å². The van der Waals surface area contributed by atoms with Gasteiger partial charge in [0.2, 0.25) is 10.0 Å². The van der Waals surface area contributed by atoms with Crippen LogP contribution in [0.2, 0.25) is 0 Å². The fourth-order valence-corrected chi connectivity index (χ4v) is 6.10. The van der Waals surface area contributed by atoms with Gasteiger partial charge in [0.15, 0.2) is 0 Å². The molecule has 128 valence electrons. The summed E-state index contributed by atoms with van der Waals surface area (Å²) in [6.07, 6.45) is 4.17. The van der Waals surface area contributed by atoms with Crippen molar-refractivity contribution in [1.82, 2.24) is 14.1 Å². The van der Waals surface area contributed by atoms with Crippen molar-refractivity contribution in [3.63, 3.8) is 0 Å². The molecule has 0 aromatic carbocycles. The van der Waals surface area contributed by atoms with Gasteiger partial charge in [-0.2, -0.15) is 4.31 Å². The van der Waals surface area contributed by atoms with Crippen LogP contribution in [0.4, 0.5) is 0 Å². The molecule has 0 spiro atoms. The van der Waals surface area contributed by atoms with Gasteiger partial charge in [-0.1, -0.05) is 12.8 Å². The van der Waals surface area contributed by atoms with Gasteiger partial charge in [0, 0.05) is 45.8 Å². The van der Waals surface area contributed by atoms with E-state index < -0.39 is 15.6 Å². The van der Waals surface area contributed by atoms with E-state index >= 15 is 0 Å². The number of nitrogens with zero attached hydrogens (tertiary/aromatic N) is 3. The molecule has 3 aliphatic rings. The maximum absolute atomic E-state index is 12.7. The van der Waals surface area contributed by atoms with Crippen molar-refractivity contribution in [1.29, 1.82) is 0 Å². The van der Waals surface area contributed by atoms with Gasteiger partial charge in [-0.25, -0.2) is 8.42 Å². The maximum Gasteiger partial charge on any atom is 0.217 e. The Labute approximate surface area is 134 Å². The molecule has 0 amide bonds. The molecule has 3 fully saturated rings. The Morgan fingerprint density at radius 1 is 1.09 bits per heavy atom. The van der Waals surface area contributed by atoms with Crippen molar-refractivity contribution in [2.24, 2.45) is 0 Å². The minimum atomic E-state index is -3.21. The fraction of sp³-hybridized carbons (Fsp3) is 1.00. The molecule has 0 aromatic heterocycles. The van der Waals surface area contributed by atoms with E-state index in [9.17, 15) is 13.5 Å². The van der Waals surface area contributed by atoms with Gasteiger partial charge in [0.1, 0.15) is 0 Å². The van der Waals surface area contributed by atoms with Gasteiger partial charge in [-0.15, -0.1) is 0 Å². The summed E-state index contributed by atoms with van der Waals surface area (Å²) in [5.74, 6) is 0. The van der Waals surface area contributed by atoms with Gasteiger partial charge >= 0.3 is 0 Å². The average Bonchev–Trinajstić information content (AvgIpc) is 3.12. The largest absolute Gasteiger partial charge is 0.387 e. The molecule has 7 heteroatoms. The zero-order chi connectivity index (χ0) is 15.8. The average molecular weight is 331 g/mol. The third-order valence-corrected chi connectivity index (χ3v) is 7.84. The summed E-state index contributed by atoms with van der Waals surface area (Å²) in [6, 6.07) is 0. The van der Waals surface area contributed by atoms with E-state index in [-0.39, 0.29) is 11.8 Å². The molecule has 3 rings (SSSR count). The van der Waals surface area contributed by atoms with Crippen molar-refractivity contribution in [2.75, 3.05) is 52.9 Å². The molecule has 2 saturated heterocycles. The van der Waals surface area contributed by atoms with Crippen LogP contribution in [0.25, 0.3) is 0 Å². The van der Waals surface area contributed by atoms with Gasteiger partial charge in [0.05, 0.1) is 10.9 Å². The third-order valence-electron chi connectivity index (χ3n) is 5.49. The number of rotatable bonds is 4. The minimum Gasteiger partial charge on any atom is -0.387 e. The normalized spacial score (nSPS) is 33.7. The number of piperazine rings is 1. The lowest BCUT2D eigenvalue weighted by Crippen LogP contribution is -2.52. The number of hydrogen-bond acceptors (Lipinski definition) is 5. The summed E-state index contributed by atoms with van der Waals surface area (Å²) in [5.41, 5.74) is -0.873. The standard InChI is InChI=1S/C15H29N3O3S/c1-16-8-10-17(11-9-16)12-15(19)6-7-18(13-15)22(20,21)14-4-2-3-5-14/h14,19H,2-13H2,1H3/t15-/m0/s1. The number of aliphatic hydroxyl groups is 1. The summed E-state index contributed by atoms with van der Waals surface area (Å²) in [5, 5.41) is 10.6. The van der Waals surface area contributed by atoms with Gasteiger partial charge < -0.3 is 10.0 Å². The fourth-order valence-electron chi connectivity index (χ4n) is 3.98. The smallest absolute Gasteiger partial charge is 0.217 e. The van der Waals surface area contributed by atoms with E-state index in [1.807, 2.05) is 0 Å². The first-order chi connectivity index (χ1) is 10.4. The first kappa shape index (κ1) is 16.6. The third kappa shape index (κ3) is 3.48. The molecular formula is C15H29N3O3S. The summed E-state index contributed by atoms with van der Waals surface area (Å²) in [7, 11) is -1.10. The second-order valence-electron chi connectivity index (χ2n) is 7.34. The van der Waals surface area contributed by atoms with Crippen LogP contribution >= 0.6 is 0 Å². The predicted molar refractivity (Wildman–Crippen MR) is 86.3 cm³/mol. The quantitative estimate of drug-likeness (QED) is 0.782. The van der Waals surface area contributed by atoms with E-state index in [4.69, 9.17) is 0 Å². The maximum atomic E-state index is 12.7. The molecule has 2 heterocycles. The molecule has 1 saturated carbocycles. The van der Waals surface area contributed by atoms with Crippen LogP contribution < -0.4 is 0 Å². The van der Waals surface area contributed by atoms with Crippen molar-refractivity contribution < 1.29 is 13.5 Å². The van der Waals surface area contributed by atoms with Crippen LogP contribution in [0.1, 0.15) is 32.1 Å². The highest BCUT2D eigenvalue weighted by Gasteiger charge is 2.45. The van der Waals surface area contributed by atoms with Crippen molar-refractivity contribution >= 4 is 10.0 Å². The predicted octanol–water partition coefficient (Wildman–Crippen LogP) is -0.0570. The zero-order valence-corrected chi connectivity index (χ0v) is 14.4. The first-order valence-electron chi connectivity index (χ1n) is 8.51. The highest BCUT2D eigenvalue weighted by atomic mass is 32.2. The van der Waals surface area contributed by atoms with Crippen molar-refractivity contribution in [2.45, 2.75) is 43.0 Å². The van der Waals surface area contributed by atoms with Crippen molar-refractivity contribution in [3.8, 4) is 0 Å². The number of β-amino-alcohol motifs (C(OH)–C–C–N with tert-alkyl or cyclic N) is 1. The number of sulfonamides is 1. The summed E-state index contributed by atoms with van der Waals surface area (Å²) < 4.78 is 26.9. The van der Waals surface area contributed by atoms with Crippen molar-refractivity contribution in [3.05, 3.63) is 0 Å². The van der Waals surface area contributed by atoms with E-state index in [2.05, 4.69) is 16.8 Å². The Kier molecular flexibility index (Phi) is 4.81. The number of hydrogen-bond donors (Lipinski definition) is 1. The second-order valence-corrected chi connectivity index (χ2v) is 9.55. The van der Waals surface area contributed by atoms with Crippen LogP contribution in [0.5, 0.6) is 0 Å². The molecule has 0 radical (unpaired) electrons. The molecule has 1 N–H and O–H groups in total. The molecule has 6 nitrogen and oxygen atoms in total. The monoisotopic (exact) mass is 331 g/mol. The summed E-state index contributed by atoms with van der Waals surface area (Å²) in [4.78, 5) is 4.55. The van der Waals surface area contributed by atoms with Gasteiger partial charge in [-0.3, -0.25) is 4.90 Å². The Morgan fingerprint density at radius 3 is 2.36 bits per heavy atom. The first-order valence-corrected chi connectivity index (χ1v) is 10.0. The SMILES string of the molecule is CN1CCN(C[C@@]2(O)CCN(S(=O)(=O)C3CCCC3)C2)CC1. The zero-order valence-electron chi connectivity index (χ0n) is 13.6. The van der Waals surface area contributed by atoms with Crippen LogP contribution in [0.15, 0.2) is 0 Å². The second kappa shape index (κ2) is 6.36. The molecule has 1 atom stereocenters. The Morgan fingerprint density at radius 2 is 1.73 bits per heavy atom. The van der Waals surface area contributed by atoms with E-state index in [1.54, 1.807) is 4.31 Å². The van der Waals surface area contributed by atoms with Crippen LogP contribution in [-0.2, 0) is 10.0 Å². The summed E-state index contributed by atoms with van der Waals surface area (Å²) >= 11 is 0.